The van der Waals surface area contributed by atoms with E-state index in [1.54, 1.807) is 11.3 Å². The Balaban J connectivity index is 1.47. The molecular formula is C20H27ClN3OS+. The van der Waals surface area contributed by atoms with Crippen LogP contribution in [0.1, 0.15) is 17.4 Å². The lowest BCUT2D eigenvalue weighted by atomic mass is 10.1. The maximum absolute atomic E-state index is 12.5. The van der Waals surface area contributed by atoms with Gasteiger partial charge in [-0.15, -0.1) is 11.3 Å². The van der Waals surface area contributed by atoms with Crippen LogP contribution >= 0.6 is 22.9 Å². The average Bonchev–Trinajstić information content (AvgIpc) is 3.16. The minimum absolute atomic E-state index is 0.0130. The number of carbonyl (C=O) groups is 1. The third-order valence-electron chi connectivity index (χ3n) is 5.17. The lowest BCUT2D eigenvalue weighted by Crippen LogP contribution is -3.19. The summed E-state index contributed by atoms with van der Waals surface area (Å²) in [5, 5.41) is 5.94. The van der Waals surface area contributed by atoms with Crippen LogP contribution in [-0.4, -0.2) is 44.7 Å². The van der Waals surface area contributed by atoms with Crippen LogP contribution in [0.4, 0.5) is 5.69 Å². The second kappa shape index (κ2) is 8.89. The molecule has 0 spiro atoms. The molecule has 1 aliphatic heterocycles. The van der Waals surface area contributed by atoms with Gasteiger partial charge in [0.15, 0.2) is 6.04 Å². The molecule has 1 amide bonds. The van der Waals surface area contributed by atoms with Gasteiger partial charge in [-0.05, 0) is 49.4 Å². The summed E-state index contributed by atoms with van der Waals surface area (Å²) in [6.45, 7) is 8.69. The first-order valence-corrected chi connectivity index (χ1v) is 10.5. The fourth-order valence-electron chi connectivity index (χ4n) is 3.49. The zero-order valence-corrected chi connectivity index (χ0v) is 17.0. The predicted octanol–water partition coefficient (Wildman–Crippen LogP) is 2.16. The molecule has 0 aliphatic carbocycles. The Labute approximate surface area is 164 Å². The van der Waals surface area contributed by atoms with Crippen LogP contribution in [0.25, 0.3) is 0 Å². The minimum Gasteiger partial charge on any atom is -0.360 e. The average molecular weight is 393 g/mol. The molecule has 2 N–H and O–H groups in total. The standard InChI is InChI=1S/C20H26ClN3OS/c1-15-5-6-17(21)14-19(15)24-11-9-23(10-12-24)16(2)20(25)22-8-7-18-4-3-13-26-18/h3-6,13-14,16H,7-12H2,1-2H3,(H,22,25)/p+1/t16-/m0/s1. The van der Waals surface area contributed by atoms with E-state index in [-0.39, 0.29) is 11.9 Å². The highest BCUT2D eigenvalue weighted by molar-refractivity contribution is 7.09. The van der Waals surface area contributed by atoms with Gasteiger partial charge in [-0.25, -0.2) is 0 Å². The number of carbonyl (C=O) groups excluding carboxylic acids is 1. The highest BCUT2D eigenvalue weighted by atomic mass is 35.5. The van der Waals surface area contributed by atoms with Gasteiger partial charge in [0.1, 0.15) is 0 Å². The number of piperazine rings is 1. The molecule has 1 fully saturated rings. The Morgan fingerprint density at radius 1 is 1.35 bits per heavy atom. The van der Waals surface area contributed by atoms with E-state index >= 15 is 0 Å². The molecule has 0 unspecified atom stereocenters. The molecule has 3 rings (SSSR count). The molecule has 2 heterocycles. The van der Waals surface area contributed by atoms with E-state index in [9.17, 15) is 4.79 Å². The summed E-state index contributed by atoms with van der Waals surface area (Å²) in [7, 11) is 0. The quantitative estimate of drug-likeness (QED) is 0.790. The van der Waals surface area contributed by atoms with E-state index < -0.39 is 0 Å². The van der Waals surface area contributed by atoms with E-state index in [4.69, 9.17) is 11.6 Å². The monoisotopic (exact) mass is 392 g/mol. The maximum atomic E-state index is 12.5. The second-order valence-electron chi connectivity index (χ2n) is 6.92. The van der Waals surface area contributed by atoms with Crippen LogP contribution in [0.15, 0.2) is 35.7 Å². The Kier molecular flexibility index (Phi) is 6.57. The molecule has 0 saturated carbocycles. The van der Waals surface area contributed by atoms with Crippen molar-refractivity contribution in [1.29, 1.82) is 0 Å². The summed E-state index contributed by atoms with van der Waals surface area (Å²) in [6, 6.07) is 10.2. The van der Waals surface area contributed by atoms with Crippen molar-refractivity contribution < 1.29 is 9.69 Å². The molecule has 1 aromatic heterocycles. The molecule has 140 valence electrons. The van der Waals surface area contributed by atoms with E-state index in [0.29, 0.717) is 6.54 Å². The zero-order valence-electron chi connectivity index (χ0n) is 15.4. The summed E-state index contributed by atoms with van der Waals surface area (Å²) < 4.78 is 0. The first-order valence-electron chi connectivity index (χ1n) is 9.20. The second-order valence-corrected chi connectivity index (χ2v) is 8.39. The number of thiophene rings is 1. The summed E-state index contributed by atoms with van der Waals surface area (Å²) in [5.41, 5.74) is 2.46. The number of rotatable bonds is 6. The highest BCUT2D eigenvalue weighted by Crippen LogP contribution is 2.24. The number of quaternary nitrogens is 1. The van der Waals surface area contributed by atoms with Crippen molar-refractivity contribution in [3.05, 3.63) is 51.2 Å². The molecular weight excluding hydrogens is 366 g/mol. The Morgan fingerprint density at radius 2 is 2.12 bits per heavy atom. The van der Waals surface area contributed by atoms with E-state index in [2.05, 4.69) is 40.7 Å². The Morgan fingerprint density at radius 3 is 2.81 bits per heavy atom. The van der Waals surface area contributed by atoms with Crippen LogP contribution in [0.2, 0.25) is 5.02 Å². The molecule has 2 aromatic rings. The molecule has 26 heavy (non-hydrogen) atoms. The number of amides is 1. The molecule has 4 nitrogen and oxygen atoms in total. The van der Waals surface area contributed by atoms with Crippen molar-refractivity contribution >= 4 is 34.5 Å². The van der Waals surface area contributed by atoms with Gasteiger partial charge in [0, 0.05) is 22.1 Å². The van der Waals surface area contributed by atoms with Gasteiger partial charge in [-0.3, -0.25) is 4.79 Å². The van der Waals surface area contributed by atoms with Gasteiger partial charge < -0.3 is 15.1 Å². The molecule has 1 aliphatic rings. The fraction of sp³-hybridized carbons (Fsp3) is 0.450. The molecule has 1 atom stereocenters. The molecule has 1 aromatic carbocycles. The SMILES string of the molecule is Cc1ccc(Cl)cc1N1CC[NH+]([C@@H](C)C(=O)NCCc2cccs2)CC1. The number of halogens is 1. The normalized spacial score (nSPS) is 16.5. The van der Waals surface area contributed by atoms with Crippen molar-refractivity contribution in [2.24, 2.45) is 0 Å². The first kappa shape index (κ1) is 19.2. The van der Waals surface area contributed by atoms with Crippen LogP contribution in [0.5, 0.6) is 0 Å². The maximum Gasteiger partial charge on any atom is 0.278 e. The number of hydrogen-bond donors (Lipinski definition) is 2. The molecule has 1 saturated heterocycles. The summed E-state index contributed by atoms with van der Waals surface area (Å²) >= 11 is 7.90. The van der Waals surface area contributed by atoms with Gasteiger partial charge in [0.05, 0.1) is 26.2 Å². The van der Waals surface area contributed by atoms with Crippen molar-refractivity contribution in [3.8, 4) is 0 Å². The number of nitrogens with zero attached hydrogens (tertiary/aromatic N) is 1. The predicted molar refractivity (Wildman–Crippen MR) is 110 cm³/mol. The summed E-state index contributed by atoms with van der Waals surface area (Å²) in [6.07, 6.45) is 0.910. The van der Waals surface area contributed by atoms with Crippen molar-refractivity contribution in [1.82, 2.24) is 5.32 Å². The Hall–Kier alpha value is -1.56. The molecule has 0 radical (unpaired) electrons. The topological polar surface area (TPSA) is 36.8 Å². The summed E-state index contributed by atoms with van der Waals surface area (Å²) in [4.78, 5) is 17.5. The van der Waals surface area contributed by atoms with Gasteiger partial charge in [0.2, 0.25) is 0 Å². The lowest BCUT2D eigenvalue weighted by molar-refractivity contribution is -0.914. The van der Waals surface area contributed by atoms with E-state index in [1.807, 2.05) is 19.1 Å². The fourth-order valence-corrected chi connectivity index (χ4v) is 4.37. The van der Waals surface area contributed by atoms with Gasteiger partial charge in [0.25, 0.3) is 5.91 Å². The van der Waals surface area contributed by atoms with E-state index in [0.717, 1.165) is 37.6 Å². The minimum atomic E-state index is -0.0130. The molecule has 6 heteroatoms. The highest BCUT2D eigenvalue weighted by Gasteiger charge is 2.29. The zero-order chi connectivity index (χ0) is 18.5. The number of benzene rings is 1. The van der Waals surface area contributed by atoms with Crippen LogP contribution in [0, 0.1) is 6.92 Å². The van der Waals surface area contributed by atoms with Crippen molar-refractivity contribution in [2.45, 2.75) is 26.3 Å². The number of anilines is 1. The first-order chi connectivity index (χ1) is 12.5. The third kappa shape index (κ3) is 4.78. The van der Waals surface area contributed by atoms with Gasteiger partial charge in [-0.1, -0.05) is 23.7 Å². The van der Waals surface area contributed by atoms with Crippen LogP contribution in [-0.2, 0) is 11.2 Å². The largest absolute Gasteiger partial charge is 0.360 e. The summed E-state index contributed by atoms with van der Waals surface area (Å²) in [5.74, 6) is 0.156. The van der Waals surface area contributed by atoms with Crippen LogP contribution in [0.3, 0.4) is 0 Å². The number of aryl methyl sites for hydroxylation is 1. The number of nitrogens with one attached hydrogen (secondary N) is 2. The van der Waals surface area contributed by atoms with Crippen molar-refractivity contribution in [2.75, 3.05) is 37.6 Å². The van der Waals surface area contributed by atoms with Crippen molar-refractivity contribution in [3.63, 3.8) is 0 Å². The van der Waals surface area contributed by atoms with Gasteiger partial charge >= 0.3 is 0 Å². The van der Waals surface area contributed by atoms with Crippen LogP contribution < -0.4 is 15.1 Å². The lowest BCUT2D eigenvalue weighted by Gasteiger charge is -2.36. The number of hydrogen-bond acceptors (Lipinski definition) is 3. The Bertz CT molecular complexity index is 727. The third-order valence-corrected chi connectivity index (χ3v) is 6.35. The van der Waals surface area contributed by atoms with Gasteiger partial charge in [-0.2, -0.15) is 0 Å². The smallest absolute Gasteiger partial charge is 0.278 e. The van der Waals surface area contributed by atoms with E-state index in [1.165, 1.54) is 21.0 Å². The molecule has 0 bridgehead atoms.